The third-order valence-corrected chi connectivity index (χ3v) is 14.2. The van der Waals surface area contributed by atoms with Gasteiger partial charge in [-0.1, -0.05) is 284 Å². The average Bonchev–Trinajstić information content (AvgIpc) is 3.45. The Kier molecular flexibility index (Phi) is 63.3. The summed E-state index contributed by atoms with van der Waals surface area (Å²) in [6, 6.07) is 0. The summed E-state index contributed by atoms with van der Waals surface area (Å²) in [5, 5.41) is 0. The van der Waals surface area contributed by atoms with Gasteiger partial charge in [-0.25, -0.2) is 0 Å². The van der Waals surface area contributed by atoms with Crippen LogP contribution in [0.5, 0.6) is 0 Å². The molecule has 0 aromatic rings. The molecule has 0 aliphatic carbocycles. The lowest BCUT2D eigenvalue weighted by Crippen LogP contribution is -2.30. The quantitative estimate of drug-likeness (QED) is 0.0261. The number of unbranched alkanes of at least 4 members (excludes halogenated alkanes) is 31. The second-order valence-corrected chi connectivity index (χ2v) is 22.0. The molecule has 6 nitrogen and oxygen atoms in total. The minimum absolute atomic E-state index is 0.0927. The first kappa shape index (κ1) is 75.1. The first-order valence-electron chi connectivity index (χ1n) is 33.4. The molecule has 0 rings (SSSR count). The summed E-state index contributed by atoms with van der Waals surface area (Å²) in [7, 11) is 0. The number of esters is 3. The number of carbonyl (C=O) groups excluding carboxylic acids is 3. The normalized spacial score (nSPS) is 12.8. The smallest absolute Gasteiger partial charge is 0.306 e. The Hall–Kier alpha value is -3.93. The second-order valence-electron chi connectivity index (χ2n) is 22.0. The van der Waals surface area contributed by atoms with Crippen molar-refractivity contribution in [3.05, 3.63) is 109 Å². The number of hydrogen-bond acceptors (Lipinski definition) is 6. The lowest BCUT2D eigenvalue weighted by molar-refractivity contribution is -0.167. The van der Waals surface area contributed by atoms with E-state index in [-0.39, 0.29) is 31.1 Å². The van der Waals surface area contributed by atoms with E-state index < -0.39 is 6.10 Å². The van der Waals surface area contributed by atoms with Crippen molar-refractivity contribution in [3.63, 3.8) is 0 Å². The van der Waals surface area contributed by atoms with E-state index in [2.05, 4.69) is 130 Å². The number of carbonyl (C=O) groups is 3. The highest BCUT2D eigenvalue weighted by molar-refractivity contribution is 5.71. The summed E-state index contributed by atoms with van der Waals surface area (Å²) in [5.41, 5.74) is 0. The molecule has 0 aromatic carbocycles. The summed E-state index contributed by atoms with van der Waals surface area (Å²) < 4.78 is 16.9. The first-order chi connectivity index (χ1) is 39.0. The van der Waals surface area contributed by atoms with Crippen LogP contribution in [0.2, 0.25) is 0 Å². The number of hydrogen-bond donors (Lipinski definition) is 0. The Balaban J connectivity index is 4.37. The van der Waals surface area contributed by atoms with Crippen LogP contribution in [0.4, 0.5) is 0 Å². The minimum Gasteiger partial charge on any atom is -0.462 e. The Morgan fingerprint density at radius 2 is 0.494 bits per heavy atom. The number of rotatable bonds is 60. The van der Waals surface area contributed by atoms with E-state index in [1.54, 1.807) is 0 Å². The van der Waals surface area contributed by atoms with Gasteiger partial charge in [0, 0.05) is 19.3 Å². The van der Waals surface area contributed by atoms with E-state index in [1.807, 2.05) is 0 Å². The molecule has 0 radical (unpaired) electrons. The Morgan fingerprint density at radius 1 is 0.266 bits per heavy atom. The van der Waals surface area contributed by atoms with Crippen LogP contribution < -0.4 is 0 Å². The third kappa shape index (κ3) is 64.8. The number of allylic oxidation sites excluding steroid dienone is 18. The molecule has 0 aliphatic rings. The molecule has 0 spiro atoms. The molecule has 6 heteroatoms. The van der Waals surface area contributed by atoms with Crippen LogP contribution in [0.3, 0.4) is 0 Å². The van der Waals surface area contributed by atoms with Gasteiger partial charge in [0.1, 0.15) is 13.2 Å². The van der Waals surface area contributed by atoms with E-state index in [9.17, 15) is 14.4 Å². The monoisotopic (exact) mass is 1100 g/mol. The van der Waals surface area contributed by atoms with Gasteiger partial charge in [-0.15, -0.1) is 0 Å². The predicted molar refractivity (Wildman–Crippen MR) is 343 cm³/mol. The van der Waals surface area contributed by atoms with Crippen LogP contribution in [-0.4, -0.2) is 37.2 Å². The predicted octanol–water partition coefficient (Wildman–Crippen LogP) is 23.0. The molecular weight excluding hydrogens is 973 g/mol. The van der Waals surface area contributed by atoms with Gasteiger partial charge < -0.3 is 14.2 Å². The molecule has 0 saturated carbocycles. The molecule has 452 valence electrons. The maximum Gasteiger partial charge on any atom is 0.306 e. The average molecular weight is 1100 g/mol. The molecule has 0 bridgehead atoms. The fourth-order valence-electron chi connectivity index (χ4n) is 9.30. The van der Waals surface area contributed by atoms with Crippen molar-refractivity contribution in [3.8, 4) is 0 Å². The van der Waals surface area contributed by atoms with Crippen molar-refractivity contribution in [1.82, 2.24) is 0 Å². The third-order valence-electron chi connectivity index (χ3n) is 14.2. The molecule has 0 amide bonds. The minimum atomic E-state index is -0.800. The van der Waals surface area contributed by atoms with Gasteiger partial charge in [0.05, 0.1) is 0 Å². The van der Waals surface area contributed by atoms with Gasteiger partial charge in [0.25, 0.3) is 0 Å². The fourth-order valence-corrected chi connectivity index (χ4v) is 9.30. The summed E-state index contributed by atoms with van der Waals surface area (Å²) >= 11 is 0. The van der Waals surface area contributed by atoms with Gasteiger partial charge in [-0.2, -0.15) is 0 Å². The second kappa shape index (κ2) is 66.6. The van der Waals surface area contributed by atoms with Gasteiger partial charge >= 0.3 is 17.9 Å². The fraction of sp³-hybridized carbons (Fsp3) is 0.712. The summed E-state index contributed by atoms with van der Waals surface area (Å²) in [6.45, 7) is 6.40. The van der Waals surface area contributed by atoms with Crippen molar-refractivity contribution in [2.45, 2.75) is 322 Å². The van der Waals surface area contributed by atoms with Gasteiger partial charge in [0.15, 0.2) is 6.10 Å². The Labute approximate surface area is 489 Å². The molecule has 1 atom stereocenters. The molecule has 0 aromatic heterocycles. The van der Waals surface area contributed by atoms with Gasteiger partial charge in [0.2, 0.25) is 0 Å². The zero-order valence-electron chi connectivity index (χ0n) is 51.9. The highest BCUT2D eigenvalue weighted by Crippen LogP contribution is 2.16. The summed E-state index contributed by atoms with van der Waals surface area (Å²) in [5.74, 6) is -0.930. The zero-order chi connectivity index (χ0) is 57.1. The van der Waals surface area contributed by atoms with Gasteiger partial charge in [-0.05, 0) is 122 Å². The molecule has 1 unspecified atom stereocenters. The maximum atomic E-state index is 12.9. The summed E-state index contributed by atoms with van der Waals surface area (Å²) in [6.07, 6.45) is 91.1. The van der Waals surface area contributed by atoms with Gasteiger partial charge in [-0.3, -0.25) is 14.4 Å². The highest BCUT2D eigenvalue weighted by atomic mass is 16.6. The molecular formula is C73H124O6. The molecule has 0 fully saturated rings. The van der Waals surface area contributed by atoms with Crippen molar-refractivity contribution >= 4 is 17.9 Å². The highest BCUT2D eigenvalue weighted by Gasteiger charge is 2.19. The standard InChI is InChI=1S/C73H124O6/c1-4-7-10-13-16-19-22-25-28-30-32-34-35-36-37-39-40-42-45-48-51-54-57-60-63-66-72(75)78-69-70(68-77-71(74)65-62-59-56-53-50-47-44-27-24-21-18-15-12-9-6-3)79-73(76)67-64-61-58-55-52-49-46-43-41-38-33-31-29-26-23-20-17-14-11-8-5-2/h7,9-10,12,16,18-19,21,25,27-28,31-34,44,50,53,70H,4-6,8,11,13-15,17,20,22-24,26,29-30,35-43,45-49,51-52,54-69H2,1-3H3/b10-7-,12-9-,19-16-,21-18-,28-25-,33-31-,34-32-,44-27-,53-50-. The lowest BCUT2D eigenvalue weighted by atomic mass is 10.0. The molecule has 0 saturated heterocycles. The van der Waals surface area contributed by atoms with Crippen LogP contribution in [0.25, 0.3) is 0 Å². The Morgan fingerprint density at radius 3 is 0.810 bits per heavy atom. The maximum absolute atomic E-state index is 12.9. The summed E-state index contributed by atoms with van der Waals surface area (Å²) in [4.78, 5) is 38.4. The van der Waals surface area contributed by atoms with Crippen LogP contribution >= 0.6 is 0 Å². The molecule has 0 N–H and O–H groups in total. The van der Waals surface area contributed by atoms with Crippen molar-refractivity contribution in [2.24, 2.45) is 0 Å². The zero-order valence-corrected chi connectivity index (χ0v) is 51.9. The molecule has 79 heavy (non-hydrogen) atoms. The largest absolute Gasteiger partial charge is 0.462 e. The van der Waals surface area contributed by atoms with Crippen molar-refractivity contribution in [1.29, 1.82) is 0 Å². The Bertz CT molecular complexity index is 1590. The van der Waals surface area contributed by atoms with E-state index in [4.69, 9.17) is 14.2 Å². The van der Waals surface area contributed by atoms with Crippen molar-refractivity contribution < 1.29 is 28.6 Å². The topological polar surface area (TPSA) is 78.9 Å². The lowest BCUT2D eigenvalue weighted by Gasteiger charge is -2.18. The van der Waals surface area contributed by atoms with Crippen LogP contribution in [-0.2, 0) is 28.6 Å². The molecule has 0 aliphatic heterocycles. The van der Waals surface area contributed by atoms with Crippen LogP contribution in [0, 0.1) is 0 Å². The van der Waals surface area contributed by atoms with Crippen LogP contribution in [0.15, 0.2) is 109 Å². The molecule has 0 heterocycles. The van der Waals surface area contributed by atoms with E-state index in [0.29, 0.717) is 19.3 Å². The first-order valence-corrected chi connectivity index (χ1v) is 33.4. The van der Waals surface area contributed by atoms with Crippen molar-refractivity contribution in [2.75, 3.05) is 13.2 Å². The SMILES string of the molecule is CC/C=C\C/C=C\C/C=C\C/C=C\CCCCCCCCCCCCCCC(=O)OCC(COC(=O)CCCC/C=C\C/C=C\C/C=C\C/C=C\CC)OC(=O)CCCCCCCCCCC/C=C\CCCCCCCCCC. The van der Waals surface area contributed by atoms with E-state index in [0.717, 1.165) is 109 Å². The van der Waals surface area contributed by atoms with Crippen LogP contribution in [0.1, 0.15) is 316 Å². The van der Waals surface area contributed by atoms with E-state index in [1.165, 1.54) is 167 Å². The van der Waals surface area contributed by atoms with E-state index >= 15 is 0 Å². The number of ether oxygens (including phenoxy) is 3.